The third-order valence-electron chi connectivity index (χ3n) is 2.37. The van der Waals surface area contributed by atoms with Gasteiger partial charge in [-0.25, -0.2) is 17.9 Å². The zero-order chi connectivity index (χ0) is 16.0. The van der Waals surface area contributed by atoms with Gasteiger partial charge in [-0.2, -0.15) is 0 Å². The molecule has 0 spiro atoms. The Balaban J connectivity index is 2.92. The Morgan fingerprint density at radius 2 is 2.14 bits per heavy atom. The van der Waals surface area contributed by atoms with Crippen LogP contribution in [0.15, 0.2) is 23.1 Å². The number of ether oxygens (including phenoxy) is 1. The number of nitro benzene ring substituents is 1. The molecule has 0 aliphatic rings. The first-order valence-electron chi connectivity index (χ1n) is 5.66. The number of nitro groups is 1. The lowest BCUT2D eigenvalue weighted by molar-refractivity contribution is -0.384. The molecular formula is C10H14N4O6S. The molecule has 0 saturated carbocycles. The van der Waals surface area contributed by atoms with Gasteiger partial charge in [-0.3, -0.25) is 10.1 Å². The summed E-state index contributed by atoms with van der Waals surface area (Å²) in [7, 11) is -2.47. The first-order chi connectivity index (χ1) is 9.77. The highest BCUT2D eigenvalue weighted by Crippen LogP contribution is 2.25. The van der Waals surface area contributed by atoms with Gasteiger partial charge in [0, 0.05) is 25.7 Å². The summed E-state index contributed by atoms with van der Waals surface area (Å²) >= 11 is 0. The fourth-order valence-corrected chi connectivity index (χ4v) is 2.67. The van der Waals surface area contributed by atoms with Crippen molar-refractivity contribution in [1.29, 1.82) is 0 Å². The minimum absolute atomic E-state index is 0.0764. The van der Waals surface area contributed by atoms with Crippen LogP contribution < -0.4 is 15.8 Å². The van der Waals surface area contributed by atoms with E-state index in [4.69, 9.17) is 5.73 Å². The lowest BCUT2D eigenvalue weighted by atomic mass is 10.3. The first kappa shape index (κ1) is 16.7. The molecule has 21 heavy (non-hydrogen) atoms. The second kappa shape index (κ2) is 6.85. The van der Waals surface area contributed by atoms with Gasteiger partial charge in [-0.1, -0.05) is 0 Å². The van der Waals surface area contributed by atoms with E-state index < -0.39 is 21.0 Å². The SMILES string of the molecule is CNc1cc([N+](=O)[O-])ccc1S(=O)(=O)NCCOC(N)=O. The number of anilines is 1. The standard InChI is InChI=1S/C10H14N4O6S/c1-12-8-6-7(14(16)17)2-3-9(8)21(18,19)13-4-5-20-10(11)15/h2-3,6,12-13H,4-5H2,1H3,(H2,11,15). The topological polar surface area (TPSA) is 154 Å². The smallest absolute Gasteiger partial charge is 0.404 e. The van der Waals surface area contributed by atoms with Crippen LogP contribution in [0.25, 0.3) is 0 Å². The Bertz CT molecular complexity index is 645. The number of hydrogen-bond acceptors (Lipinski definition) is 7. The molecule has 0 aliphatic heterocycles. The van der Waals surface area contributed by atoms with E-state index in [1.165, 1.54) is 7.05 Å². The minimum atomic E-state index is -3.91. The van der Waals surface area contributed by atoms with Crippen LogP contribution in [-0.4, -0.2) is 39.6 Å². The highest BCUT2D eigenvalue weighted by Gasteiger charge is 2.20. The van der Waals surface area contributed by atoms with Crippen LogP contribution in [0.1, 0.15) is 0 Å². The highest BCUT2D eigenvalue weighted by atomic mass is 32.2. The minimum Gasteiger partial charge on any atom is -0.448 e. The molecule has 0 aromatic heterocycles. The fraction of sp³-hybridized carbons (Fsp3) is 0.300. The van der Waals surface area contributed by atoms with Crippen LogP contribution in [0, 0.1) is 10.1 Å². The second-order valence-corrected chi connectivity index (χ2v) is 5.49. The van der Waals surface area contributed by atoms with Crippen molar-refractivity contribution in [2.24, 2.45) is 5.73 Å². The van der Waals surface area contributed by atoms with Gasteiger partial charge in [0.05, 0.1) is 10.6 Å². The van der Waals surface area contributed by atoms with Gasteiger partial charge in [-0.05, 0) is 6.07 Å². The van der Waals surface area contributed by atoms with Gasteiger partial charge in [-0.15, -0.1) is 0 Å². The summed E-state index contributed by atoms with van der Waals surface area (Å²) in [6.45, 7) is -0.401. The molecule has 116 valence electrons. The van der Waals surface area contributed by atoms with E-state index in [0.717, 1.165) is 18.2 Å². The van der Waals surface area contributed by atoms with Gasteiger partial charge >= 0.3 is 6.09 Å². The van der Waals surface area contributed by atoms with Gasteiger partial charge in [0.25, 0.3) is 5.69 Å². The third kappa shape index (κ3) is 4.57. The number of nitrogens with two attached hydrogens (primary N) is 1. The number of amides is 1. The number of non-ortho nitro benzene ring substituents is 1. The van der Waals surface area contributed by atoms with Crippen LogP contribution in [0.3, 0.4) is 0 Å². The average Bonchev–Trinajstić information content (AvgIpc) is 2.42. The number of benzene rings is 1. The van der Waals surface area contributed by atoms with Crippen LogP contribution >= 0.6 is 0 Å². The molecule has 0 radical (unpaired) electrons. The van der Waals surface area contributed by atoms with Crippen molar-refractivity contribution in [3.8, 4) is 0 Å². The van der Waals surface area contributed by atoms with E-state index in [1.54, 1.807) is 0 Å². The molecule has 0 aliphatic carbocycles. The molecule has 0 atom stereocenters. The van der Waals surface area contributed by atoms with Crippen molar-refractivity contribution in [1.82, 2.24) is 4.72 Å². The number of rotatable bonds is 7. The summed E-state index contributed by atoms with van der Waals surface area (Å²) < 4.78 is 30.7. The zero-order valence-electron chi connectivity index (χ0n) is 11.0. The van der Waals surface area contributed by atoms with Crippen LogP contribution in [0.4, 0.5) is 16.2 Å². The molecule has 0 fully saturated rings. The molecule has 1 aromatic rings. The molecule has 1 amide bonds. The zero-order valence-corrected chi connectivity index (χ0v) is 11.8. The van der Waals surface area contributed by atoms with E-state index in [9.17, 15) is 23.3 Å². The van der Waals surface area contributed by atoms with Crippen LogP contribution in [0.2, 0.25) is 0 Å². The molecule has 0 heterocycles. The maximum atomic E-state index is 12.0. The Hall–Kier alpha value is -2.40. The molecule has 0 bridgehead atoms. The van der Waals surface area contributed by atoms with Crippen molar-refractivity contribution < 1.29 is 22.9 Å². The Morgan fingerprint density at radius 1 is 1.48 bits per heavy atom. The summed E-state index contributed by atoms with van der Waals surface area (Å²) in [4.78, 5) is 20.2. The fourth-order valence-electron chi connectivity index (χ4n) is 1.47. The molecule has 11 heteroatoms. The Morgan fingerprint density at radius 3 is 2.67 bits per heavy atom. The van der Waals surface area contributed by atoms with Gasteiger partial charge < -0.3 is 15.8 Å². The summed E-state index contributed by atoms with van der Waals surface area (Å²) in [5, 5.41) is 13.2. The number of nitrogens with one attached hydrogen (secondary N) is 2. The predicted octanol–water partition coefficient (Wildman–Crippen LogP) is 0.0101. The molecule has 1 rings (SSSR count). The average molecular weight is 318 g/mol. The summed E-state index contributed by atoms with van der Waals surface area (Å²) in [5.74, 6) is 0. The lowest BCUT2D eigenvalue weighted by Gasteiger charge is -2.11. The molecular weight excluding hydrogens is 304 g/mol. The van der Waals surface area contributed by atoms with Crippen molar-refractivity contribution in [2.45, 2.75) is 4.90 Å². The van der Waals surface area contributed by atoms with E-state index >= 15 is 0 Å². The molecule has 0 saturated heterocycles. The van der Waals surface area contributed by atoms with Gasteiger partial charge in [0.15, 0.2) is 0 Å². The number of nitrogens with zero attached hydrogens (tertiary/aromatic N) is 1. The molecule has 4 N–H and O–H groups in total. The van der Waals surface area contributed by atoms with E-state index in [-0.39, 0.29) is 29.4 Å². The first-order valence-corrected chi connectivity index (χ1v) is 7.14. The van der Waals surface area contributed by atoms with Crippen LogP contribution in [-0.2, 0) is 14.8 Å². The number of primary amides is 1. The van der Waals surface area contributed by atoms with E-state index in [0.29, 0.717) is 0 Å². The maximum absolute atomic E-state index is 12.0. The Kier molecular flexibility index (Phi) is 5.44. The van der Waals surface area contributed by atoms with Gasteiger partial charge in [0.2, 0.25) is 10.0 Å². The van der Waals surface area contributed by atoms with Crippen molar-refractivity contribution >= 4 is 27.5 Å². The lowest BCUT2D eigenvalue weighted by Crippen LogP contribution is -2.29. The number of sulfonamides is 1. The summed E-state index contributed by atoms with van der Waals surface area (Å²) in [6, 6.07) is 3.30. The predicted molar refractivity (Wildman–Crippen MR) is 73.4 cm³/mol. The molecule has 0 unspecified atom stereocenters. The molecule has 1 aromatic carbocycles. The highest BCUT2D eigenvalue weighted by molar-refractivity contribution is 7.89. The van der Waals surface area contributed by atoms with Gasteiger partial charge in [0.1, 0.15) is 11.5 Å². The third-order valence-corrected chi connectivity index (χ3v) is 3.89. The monoisotopic (exact) mass is 318 g/mol. The molecule has 10 nitrogen and oxygen atoms in total. The summed E-state index contributed by atoms with van der Waals surface area (Å²) in [6.07, 6.45) is -1.01. The van der Waals surface area contributed by atoms with Crippen molar-refractivity contribution in [2.75, 3.05) is 25.5 Å². The maximum Gasteiger partial charge on any atom is 0.404 e. The number of hydrogen-bond donors (Lipinski definition) is 3. The van der Waals surface area contributed by atoms with E-state index in [2.05, 4.69) is 14.8 Å². The van der Waals surface area contributed by atoms with Crippen molar-refractivity contribution in [3.05, 3.63) is 28.3 Å². The van der Waals surface area contributed by atoms with E-state index in [1.807, 2.05) is 0 Å². The summed E-state index contributed by atoms with van der Waals surface area (Å²) in [5.41, 5.74) is 4.57. The largest absolute Gasteiger partial charge is 0.448 e. The Labute approximate surface area is 120 Å². The van der Waals surface area contributed by atoms with Crippen molar-refractivity contribution in [3.63, 3.8) is 0 Å². The number of carbonyl (C=O) groups is 1. The van der Waals surface area contributed by atoms with Crippen LogP contribution in [0.5, 0.6) is 0 Å². The normalized spacial score (nSPS) is 10.9. The number of carbonyl (C=O) groups excluding carboxylic acids is 1. The second-order valence-electron chi connectivity index (χ2n) is 3.75. The quantitative estimate of drug-likeness (QED) is 0.363.